The van der Waals surface area contributed by atoms with E-state index in [0.29, 0.717) is 45.5 Å². The Labute approximate surface area is 307 Å². The van der Waals surface area contributed by atoms with Gasteiger partial charge in [0.05, 0.1) is 12.5 Å². The first-order chi connectivity index (χ1) is 25.1. The van der Waals surface area contributed by atoms with Crippen LogP contribution in [-0.4, -0.2) is 76.8 Å². The molecule has 1 aliphatic rings. The van der Waals surface area contributed by atoms with Crippen molar-refractivity contribution in [3.05, 3.63) is 113 Å². The third kappa shape index (κ3) is 7.52. The second kappa shape index (κ2) is 15.3. The van der Waals surface area contributed by atoms with Gasteiger partial charge in [-0.15, -0.1) is 0 Å². The van der Waals surface area contributed by atoms with E-state index in [1.807, 2.05) is 52.2 Å². The summed E-state index contributed by atoms with van der Waals surface area (Å²) in [6.45, 7) is 4.92. The fourth-order valence-electron chi connectivity index (χ4n) is 7.49. The number of ether oxygens (including phenoxy) is 1. The predicted octanol–water partition coefficient (Wildman–Crippen LogP) is 6.74. The number of benzene rings is 5. The van der Waals surface area contributed by atoms with Crippen LogP contribution in [0.5, 0.6) is 17.2 Å². The minimum atomic E-state index is -1.28. The summed E-state index contributed by atoms with van der Waals surface area (Å²) in [4.78, 5) is 50.3. The summed E-state index contributed by atoms with van der Waals surface area (Å²) < 4.78 is 5.35. The van der Waals surface area contributed by atoms with Crippen LogP contribution in [-0.2, 0) is 21.4 Å². The van der Waals surface area contributed by atoms with Crippen LogP contribution >= 0.6 is 0 Å². The van der Waals surface area contributed by atoms with Gasteiger partial charge in [0, 0.05) is 24.0 Å². The molecule has 0 radical (unpaired) electrons. The molecule has 0 bridgehead atoms. The molecule has 0 spiro atoms. The molecular formula is C42H44N2O9. The number of phenols is 2. The molecule has 0 saturated carbocycles. The van der Waals surface area contributed by atoms with Gasteiger partial charge in [0.2, 0.25) is 11.8 Å². The van der Waals surface area contributed by atoms with Crippen molar-refractivity contribution >= 4 is 45.3 Å². The number of aromatic carboxylic acids is 2. The molecule has 276 valence electrons. The van der Waals surface area contributed by atoms with Crippen molar-refractivity contribution in [1.29, 1.82) is 0 Å². The minimum Gasteiger partial charge on any atom is -0.507 e. The molecule has 6 rings (SSSR count). The Kier molecular flexibility index (Phi) is 11.1. The molecule has 5 aromatic rings. The van der Waals surface area contributed by atoms with Crippen LogP contribution in [0, 0.1) is 5.41 Å². The van der Waals surface area contributed by atoms with E-state index in [2.05, 4.69) is 10.2 Å². The van der Waals surface area contributed by atoms with Gasteiger partial charge in [0.25, 0.3) is 0 Å². The van der Waals surface area contributed by atoms with Crippen LogP contribution < -0.4 is 10.1 Å². The molecule has 1 unspecified atom stereocenters. The molecule has 11 nitrogen and oxygen atoms in total. The maximum atomic E-state index is 13.0. The minimum absolute atomic E-state index is 0.0407. The van der Waals surface area contributed by atoms with Crippen LogP contribution in [0.2, 0.25) is 0 Å². The molecule has 0 aromatic heterocycles. The van der Waals surface area contributed by atoms with Gasteiger partial charge in [-0.2, -0.15) is 0 Å². The second-order valence-electron chi connectivity index (χ2n) is 14.2. The molecular weight excluding hydrogens is 676 g/mol. The van der Waals surface area contributed by atoms with Gasteiger partial charge < -0.3 is 30.1 Å². The summed E-state index contributed by atoms with van der Waals surface area (Å²) in [6, 6.07) is 24.4. The van der Waals surface area contributed by atoms with Crippen LogP contribution in [0.1, 0.15) is 70.5 Å². The maximum absolute atomic E-state index is 13.0. The Morgan fingerprint density at radius 1 is 0.792 bits per heavy atom. The fraction of sp³-hybridized carbons (Fsp3) is 0.286. The van der Waals surface area contributed by atoms with E-state index in [1.54, 1.807) is 55.6 Å². The molecule has 5 aromatic carbocycles. The number of methoxy groups -OCH3 is 1. The van der Waals surface area contributed by atoms with Crippen molar-refractivity contribution in [2.75, 3.05) is 27.7 Å². The third-order valence-corrected chi connectivity index (χ3v) is 10.2. The van der Waals surface area contributed by atoms with E-state index < -0.39 is 34.3 Å². The van der Waals surface area contributed by atoms with Crippen LogP contribution in [0.3, 0.4) is 0 Å². The highest BCUT2D eigenvalue weighted by Crippen LogP contribution is 2.50. The summed E-state index contributed by atoms with van der Waals surface area (Å²) in [5.41, 5.74) is -0.187. The molecule has 1 atom stereocenters. The normalized spacial score (nSPS) is 16.6. The summed E-state index contributed by atoms with van der Waals surface area (Å²) in [6.07, 6.45) is 1.85. The average molecular weight is 721 g/mol. The van der Waals surface area contributed by atoms with Gasteiger partial charge in [-0.1, -0.05) is 74.5 Å². The highest BCUT2D eigenvalue weighted by molar-refractivity contribution is 6.05. The lowest BCUT2D eigenvalue weighted by Gasteiger charge is -2.48. The lowest BCUT2D eigenvalue weighted by Crippen LogP contribution is -2.61. The number of piperidine rings is 1. The SMILES string of the molecule is COc1cccc(C2(CCCN(C)C)C(=O)NC(=O)CC2(C)C)c1.O=C(O)c1cc2ccccc2c(Cc2c(O)c(C(=O)O)cc3ccccc23)c1O. The summed E-state index contributed by atoms with van der Waals surface area (Å²) in [5.74, 6) is -3.03. The number of nitrogens with one attached hydrogen (secondary N) is 1. The van der Waals surface area contributed by atoms with Crippen molar-refractivity contribution < 1.29 is 44.3 Å². The van der Waals surface area contributed by atoms with Gasteiger partial charge in [-0.3, -0.25) is 14.9 Å². The topological polar surface area (TPSA) is 174 Å². The molecule has 2 amide bonds. The number of carboxylic acid groups (broad SMARTS) is 2. The Balaban J connectivity index is 0.000000209. The van der Waals surface area contributed by atoms with Crippen molar-refractivity contribution in [3.63, 3.8) is 0 Å². The number of fused-ring (bicyclic) bond motifs is 2. The molecule has 0 aliphatic carbocycles. The van der Waals surface area contributed by atoms with Crippen LogP contribution in [0.4, 0.5) is 0 Å². The number of imide groups is 1. The summed E-state index contributed by atoms with van der Waals surface area (Å²) >= 11 is 0. The lowest BCUT2D eigenvalue weighted by atomic mass is 9.56. The number of nitrogens with zero attached hydrogens (tertiary/aromatic N) is 1. The van der Waals surface area contributed by atoms with Crippen molar-refractivity contribution in [3.8, 4) is 17.2 Å². The largest absolute Gasteiger partial charge is 0.507 e. The molecule has 1 saturated heterocycles. The first kappa shape index (κ1) is 38.3. The van der Waals surface area contributed by atoms with E-state index in [-0.39, 0.29) is 29.4 Å². The molecule has 53 heavy (non-hydrogen) atoms. The van der Waals surface area contributed by atoms with E-state index in [0.717, 1.165) is 24.3 Å². The van der Waals surface area contributed by atoms with Crippen LogP contribution in [0.15, 0.2) is 84.9 Å². The number of aromatic hydroxyl groups is 2. The van der Waals surface area contributed by atoms with E-state index in [1.165, 1.54) is 12.1 Å². The lowest BCUT2D eigenvalue weighted by molar-refractivity contribution is -0.145. The zero-order valence-corrected chi connectivity index (χ0v) is 30.4. The Hall–Kier alpha value is -5.94. The third-order valence-electron chi connectivity index (χ3n) is 10.2. The van der Waals surface area contributed by atoms with Gasteiger partial charge in [-0.25, -0.2) is 9.59 Å². The number of hydrogen-bond donors (Lipinski definition) is 5. The standard InChI is InChI=1S/C23H16O6.C19H28N2O3/c24-20-16(14-7-3-1-5-12(14)9-18(20)22(26)27)11-17-15-8-4-2-6-13(15)10-19(21(17)25)23(28)29;1-18(2)13-16(22)20-17(23)19(18,10-7-11-21(3)4)14-8-6-9-15(12-14)24-5/h1-10,24-25H,11H2,(H,26,27)(H,28,29);6,8-9,12H,7,10-11,13H2,1-5H3,(H,20,22,23). The van der Waals surface area contributed by atoms with Gasteiger partial charge in [0.1, 0.15) is 28.4 Å². The monoisotopic (exact) mass is 720 g/mol. The number of amides is 2. The zero-order valence-electron chi connectivity index (χ0n) is 30.4. The Bertz CT molecular complexity index is 2130. The number of carboxylic acids is 2. The summed E-state index contributed by atoms with van der Waals surface area (Å²) in [7, 11) is 5.66. The smallest absolute Gasteiger partial charge is 0.339 e. The highest BCUT2D eigenvalue weighted by Gasteiger charge is 2.55. The van der Waals surface area contributed by atoms with Crippen molar-refractivity contribution in [2.24, 2.45) is 5.41 Å². The first-order valence-corrected chi connectivity index (χ1v) is 17.2. The van der Waals surface area contributed by atoms with Gasteiger partial charge in [0.15, 0.2) is 0 Å². The number of carbonyl (C=O) groups is 4. The molecule has 5 N–H and O–H groups in total. The quantitative estimate of drug-likeness (QED) is 0.0973. The molecule has 1 aliphatic heterocycles. The molecule has 1 heterocycles. The second-order valence-corrected chi connectivity index (χ2v) is 14.2. The number of rotatable bonds is 10. The summed E-state index contributed by atoms with van der Waals surface area (Å²) in [5, 5.41) is 45.4. The van der Waals surface area contributed by atoms with Crippen molar-refractivity contribution in [1.82, 2.24) is 10.2 Å². The van der Waals surface area contributed by atoms with Crippen LogP contribution in [0.25, 0.3) is 21.5 Å². The van der Waals surface area contributed by atoms with E-state index in [9.17, 15) is 39.6 Å². The Morgan fingerprint density at radius 3 is 1.79 bits per heavy atom. The predicted molar refractivity (Wildman–Crippen MR) is 202 cm³/mol. The molecule has 11 heteroatoms. The first-order valence-electron chi connectivity index (χ1n) is 17.2. The maximum Gasteiger partial charge on any atom is 0.339 e. The highest BCUT2D eigenvalue weighted by atomic mass is 16.5. The van der Waals surface area contributed by atoms with Crippen molar-refractivity contribution in [2.45, 2.75) is 44.9 Å². The Morgan fingerprint density at radius 2 is 1.32 bits per heavy atom. The fourth-order valence-corrected chi connectivity index (χ4v) is 7.49. The number of carbonyl (C=O) groups excluding carboxylic acids is 2. The van der Waals surface area contributed by atoms with Gasteiger partial charge >= 0.3 is 11.9 Å². The van der Waals surface area contributed by atoms with E-state index >= 15 is 0 Å². The van der Waals surface area contributed by atoms with Gasteiger partial charge in [-0.05, 0) is 90.3 Å². The average Bonchev–Trinajstić information content (AvgIpc) is 3.10. The van der Waals surface area contributed by atoms with E-state index in [4.69, 9.17) is 4.74 Å². The zero-order chi connectivity index (χ0) is 38.7. The number of hydrogen-bond acceptors (Lipinski definition) is 8. The molecule has 1 fully saturated rings.